The van der Waals surface area contributed by atoms with Crippen LogP contribution >= 0.6 is 0 Å². The Morgan fingerprint density at radius 1 is 0.733 bits per heavy atom. The van der Waals surface area contributed by atoms with Crippen LogP contribution in [0.15, 0.2) is 36.4 Å². The van der Waals surface area contributed by atoms with Crippen molar-refractivity contribution < 1.29 is 0 Å². The Balaban J connectivity index is 2.24. The molecule has 0 nitrogen and oxygen atoms in total. The van der Waals surface area contributed by atoms with E-state index in [1.54, 1.807) is 33.7 Å². The molecule has 0 bridgehead atoms. The summed E-state index contributed by atoms with van der Waals surface area (Å²) in [7, 11) is 0. The van der Waals surface area contributed by atoms with Gasteiger partial charge in [-0.15, -0.1) is 0 Å². The van der Waals surface area contributed by atoms with E-state index in [9.17, 15) is 0 Å². The first-order valence-corrected chi connectivity index (χ1v) is 7.43. The molecule has 0 spiro atoms. The van der Waals surface area contributed by atoms with Gasteiger partial charge >= 0.3 is 107 Å². The van der Waals surface area contributed by atoms with Crippen molar-refractivity contribution in [2.45, 2.75) is 6.42 Å². The molecule has 0 amide bonds. The van der Waals surface area contributed by atoms with E-state index in [2.05, 4.69) is 36.4 Å². The van der Waals surface area contributed by atoms with Gasteiger partial charge in [-0.05, 0) is 0 Å². The van der Waals surface area contributed by atoms with Gasteiger partial charge in [-0.1, -0.05) is 0 Å². The van der Waals surface area contributed by atoms with Gasteiger partial charge in [0.05, 0.1) is 0 Å². The maximum absolute atomic E-state index is 2.34. The van der Waals surface area contributed by atoms with Crippen LogP contribution in [0, 0.1) is 0 Å². The zero-order chi connectivity index (χ0) is 10.4. The van der Waals surface area contributed by atoms with Crippen LogP contribution in [0.2, 0.25) is 0 Å². The molecule has 74 valence electrons. The van der Waals surface area contributed by atoms with Gasteiger partial charge in [0, 0.05) is 0 Å². The summed E-state index contributed by atoms with van der Waals surface area (Å²) in [6.45, 7) is 0. The molecule has 15 heavy (non-hydrogen) atoms. The van der Waals surface area contributed by atoms with Crippen molar-refractivity contribution >= 4 is 42.4 Å². The normalized spacial score (nSPS) is 12.4. The third-order valence-electron chi connectivity index (χ3n) is 2.93. The van der Waals surface area contributed by atoms with Gasteiger partial charge in [0.25, 0.3) is 0 Å². The molecular formula is C13H12As2. The van der Waals surface area contributed by atoms with E-state index in [1.165, 1.54) is 31.0 Å². The number of benzene rings is 2. The molecule has 0 aromatic heterocycles. The van der Waals surface area contributed by atoms with Crippen molar-refractivity contribution in [3.05, 3.63) is 47.5 Å². The van der Waals surface area contributed by atoms with Crippen LogP contribution in [0.3, 0.4) is 0 Å². The molecule has 0 saturated heterocycles. The first-order chi connectivity index (χ1) is 7.24. The molecule has 2 atom stereocenters. The van der Waals surface area contributed by atoms with Crippen molar-refractivity contribution in [1.29, 1.82) is 0 Å². The van der Waals surface area contributed by atoms with E-state index in [0.29, 0.717) is 0 Å². The molecule has 0 fully saturated rings. The molecule has 1 aliphatic carbocycles. The van der Waals surface area contributed by atoms with Crippen molar-refractivity contribution in [2.24, 2.45) is 0 Å². The average molecular weight is 318 g/mol. The first kappa shape index (κ1) is 9.76. The summed E-state index contributed by atoms with van der Waals surface area (Å²) >= 11 is 3.42. The molecule has 3 rings (SSSR count). The molecule has 0 heterocycles. The van der Waals surface area contributed by atoms with Gasteiger partial charge in [-0.2, -0.15) is 0 Å². The molecule has 0 radical (unpaired) electrons. The summed E-state index contributed by atoms with van der Waals surface area (Å²) in [5.74, 6) is 0. The maximum atomic E-state index is 2.34. The summed E-state index contributed by atoms with van der Waals surface area (Å²) in [5.41, 5.74) is 5.90. The Morgan fingerprint density at radius 2 is 1.20 bits per heavy atom. The van der Waals surface area contributed by atoms with E-state index >= 15 is 0 Å². The van der Waals surface area contributed by atoms with E-state index < -0.39 is 0 Å². The zero-order valence-corrected chi connectivity index (χ0v) is 13.2. The molecule has 2 aromatic carbocycles. The Bertz CT molecular complexity index is 495. The van der Waals surface area contributed by atoms with E-state index in [4.69, 9.17) is 0 Å². The van der Waals surface area contributed by atoms with Crippen molar-refractivity contribution in [1.82, 2.24) is 0 Å². The Morgan fingerprint density at radius 3 is 1.67 bits per heavy atom. The molecule has 0 aliphatic heterocycles. The second-order valence-corrected chi connectivity index (χ2v) is 6.81. The number of rotatable bonds is 0. The molecule has 1 aliphatic rings. The van der Waals surface area contributed by atoms with Crippen LogP contribution in [-0.4, -0.2) is 33.7 Å². The zero-order valence-electron chi connectivity index (χ0n) is 8.33. The second kappa shape index (κ2) is 3.54. The average Bonchev–Trinajstić information content (AvgIpc) is 2.53. The monoisotopic (exact) mass is 318 g/mol. The molecule has 2 unspecified atom stereocenters. The van der Waals surface area contributed by atoms with Gasteiger partial charge in [-0.3, -0.25) is 0 Å². The Hall–Kier alpha value is -0.443. The molecule has 0 N–H and O–H groups in total. The standard InChI is InChI=1S/C13H12As2/c14-10-1-3-12-8(6-10)5-9-7-11(15)2-4-13(9)12/h1-4,6-7H,5,14-15H2. The summed E-state index contributed by atoms with van der Waals surface area (Å²) < 4.78 is 2.85. The summed E-state index contributed by atoms with van der Waals surface area (Å²) in [6, 6.07) is 13.7. The van der Waals surface area contributed by atoms with E-state index in [1.807, 2.05) is 0 Å². The summed E-state index contributed by atoms with van der Waals surface area (Å²) in [4.78, 5) is 0. The predicted molar refractivity (Wildman–Crippen MR) is 71.0 cm³/mol. The van der Waals surface area contributed by atoms with Crippen LogP contribution in [0.25, 0.3) is 11.1 Å². The minimum atomic E-state index is 1.13. The topological polar surface area (TPSA) is 0 Å². The molecular weight excluding hydrogens is 306 g/mol. The van der Waals surface area contributed by atoms with E-state index in [-0.39, 0.29) is 0 Å². The fourth-order valence-corrected chi connectivity index (χ4v) is 3.50. The predicted octanol–water partition coefficient (Wildman–Crippen LogP) is -0.225. The third kappa shape index (κ3) is 1.61. The van der Waals surface area contributed by atoms with Crippen LogP contribution in [0.1, 0.15) is 11.1 Å². The summed E-state index contributed by atoms with van der Waals surface area (Å²) in [6.07, 6.45) is 1.13. The van der Waals surface area contributed by atoms with Crippen molar-refractivity contribution in [3.8, 4) is 11.1 Å². The molecule has 0 saturated carbocycles. The fraction of sp³-hybridized carbons (Fsp3) is 0.0769. The van der Waals surface area contributed by atoms with Crippen LogP contribution < -0.4 is 8.70 Å². The van der Waals surface area contributed by atoms with Crippen LogP contribution in [0.5, 0.6) is 0 Å². The van der Waals surface area contributed by atoms with Crippen molar-refractivity contribution in [2.75, 3.05) is 0 Å². The van der Waals surface area contributed by atoms with Crippen LogP contribution in [0.4, 0.5) is 0 Å². The Kier molecular flexibility index (Phi) is 2.31. The fourth-order valence-electron chi connectivity index (χ4n) is 2.25. The number of hydrogen-bond donors (Lipinski definition) is 0. The van der Waals surface area contributed by atoms with Gasteiger partial charge in [0.1, 0.15) is 0 Å². The first-order valence-electron chi connectivity index (χ1n) is 5.01. The molecule has 2 aromatic rings. The molecule has 2 heteroatoms. The summed E-state index contributed by atoms with van der Waals surface area (Å²) in [5, 5.41) is 0. The van der Waals surface area contributed by atoms with Gasteiger partial charge < -0.3 is 0 Å². The SMILES string of the molecule is [AsH2]c1ccc2c(c1)Cc1cc([AsH2])ccc1-2. The van der Waals surface area contributed by atoms with E-state index in [0.717, 1.165) is 6.42 Å². The van der Waals surface area contributed by atoms with Gasteiger partial charge in [0.2, 0.25) is 0 Å². The quantitative estimate of drug-likeness (QED) is 0.503. The number of hydrogen-bond acceptors (Lipinski definition) is 0. The van der Waals surface area contributed by atoms with Crippen molar-refractivity contribution in [3.63, 3.8) is 0 Å². The van der Waals surface area contributed by atoms with Gasteiger partial charge in [-0.25, -0.2) is 0 Å². The van der Waals surface area contributed by atoms with Gasteiger partial charge in [0.15, 0.2) is 0 Å². The minimum absolute atomic E-state index is 1.13. The second-order valence-electron chi connectivity index (χ2n) is 4.01. The van der Waals surface area contributed by atoms with Crippen LogP contribution in [-0.2, 0) is 6.42 Å². The Labute approximate surface area is 107 Å². The number of fused-ring (bicyclic) bond motifs is 3. The third-order valence-corrected chi connectivity index (χ3v) is 4.44.